The molecule has 8 heteroatoms. The van der Waals surface area contributed by atoms with Gasteiger partial charge in [0.15, 0.2) is 0 Å². The molecule has 0 unspecified atom stereocenters. The molecule has 82 valence electrons. The molecule has 3 nitrogen and oxygen atoms in total. The summed E-state index contributed by atoms with van der Waals surface area (Å²) in [6.45, 7) is 0. The summed E-state index contributed by atoms with van der Waals surface area (Å²) in [6, 6.07) is 2.06. The summed E-state index contributed by atoms with van der Waals surface area (Å²) in [5.41, 5.74) is 1.34. The first-order valence-electron chi connectivity index (χ1n) is 3.04. The molecular formula is C6H8Cl2F3N3. The minimum Gasteiger partial charge on any atom is -0.308 e. The second-order valence-electron chi connectivity index (χ2n) is 2.07. The lowest BCUT2D eigenvalue weighted by atomic mass is 10.3. The number of rotatable bonds is 1. The SMILES string of the molecule is Cl.Cl.NNc1ccc(C(F)(F)F)cn1. The highest BCUT2D eigenvalue weighted by Gasteiger charge is 2.30. The number of hydrogen-bond donors (Lipinski definition) is 2. The van der Waals surface area contributed by atoms with Gasteiger partial charge in [0.2, 0.25) is 0 Å². The lowest BCUT2D eigenvalue weighted by molar-refractivity contribution is -0.137. The summed E-state index contributed by atoms with van der Waals surface area (Å²) in [5.74, 6) is 5.11. The predicted molar refractivity (Wildman–Crippen MR) is 51.5 cm³/mol. The van der Waals surface area contributed by atoms with Gasteiger partial charge in [-0.3, -0.25) is 0 Å². The monoisotopic (exact) mass is 249 g/mol. The van der Waals surface area contributed by atoms with Crippen molar-refractivity contribution >= 4 is 30.6 Å². The van der Waals surface area contributed by atoms with E-state index < -0.39 is 11.7 Å². The molecule has 0 aliphatic heterocycles. The molecule has 1 heterocycles. The van der Waals surface area contributed by atoms with Crippen molar-refractivity contribution in [3.8, 4) is 0 Å². The Morgan fingerprint density at radius 2 is 1.79 bits per heavy atom. The van der Waals surface area contributed by atoms with E-state index in [0.29, 0.717) is 0 Å². The van der Waals surface area contributed by atoms with Crippen LogP contribution in [0.3, 0.4) is 0 Å². The number of nitrogens with two attached hydrogens (primary N) is 1. The molecule has 14 heavy (non-hydrogen) atoms. The Hall–Kier alpha value is -0.720. The van der Waals surface area contributed by atoms with Crippen molar-refractivity contribution < 1.29 is 13.2 Å². The van der Waals surface area contributed by atoms with Crippen LogP contribution in [0.25, 0.3) is 0 Å². The molecule has 0 fully saturated rings. The average molecular weight is 250 g/mol. The fraction of sp³-hybridized carbons (Fsp3) is 0.167. The number of alkyl halides is 3. The van der Waals surface area contributed by atoms with E-state index in [1.54, 1.807) is 0 Å². The maximum atomic E-state index is 11.9. The number of halogens is 5. The Bertz CT molecular complexity index is 262. The maximum absolute atomic E-state index is 11.9. The number of hydrogen-bond acceptors (Lipinski definition) is 3. The van der Waals surface area contributed by atoms with Crippen LogP contribution < -0.4 is 11.3 Å². The fourth-order valence-corrected chi connectivity index (χ4v) is 0.647. The van der Waals surface area contributed by atoms with Crippen molar-refractivity contribution in [2.75, 3.05) is 5.43 Å². The highest BCUT2D eigenvalue weighted by atomic mass is 35.5. The van der Waals surface area contributed by atoms with Crippen LogP contribution in [-0.4, -0.2) is 4.98 Å². The van der Waals surface area contributed by atoms with Gasteiger partial charge < -0.3 is 5.43 Å². The quantitative estimate of drug-likeness (QED) is 0.593. The smallest absolute Gasteiger partial charge is 0.308 e. The van der Waals surface area contributed by atoms with E-state index in [-0.39, 0.29) is 30.6 Å². The molecule has 1 aromatic heterocycles. The second-order valence-corrected chi connectivity index (χ2v) is 2.07. The molecule has 1 aromatic rings. The maximum Gasteiger partial charge on any atom is 0.417 e. The minimum atomic E-state index is -4.35. The van der Waals surface area contributed by atoms with E-state index in [9.17, 15) is 13.2 Å². The van der Waals surface area contributed by atoms with Crippen molar-refractivity contribution in [3.63, 3.8) is 0 Å². The molecule has 3 N–H and O–H groups in total. The van der Waals surface area contributed by atoms with Crippen LogP contribution in [0, 0.1) is 0 Å². The van der Waals surface area contributed by atoms with Crippen LogP contribution in [-0.2, 0) is 6.18 Å². The molecule has 0 saturated heterocycles. The van der Waals surface area contributed by atoms with Gasteiger partial charge >= 0.3 is 6.18 Å². The molecule has 0 radical (unpaired) electrons. The second kappa shape index (κ2) is 5.90. The van der Waals surface area contributed by atoms with Gasteiger partial charge in [-0.1, -0.05) is 0 Å². The van der Waals surface area contributed by atoms with Gasteiger partial charge in [0.1, 0.15) is 5.82 Å². The molecular weight excluding hydrogens is 242 g/mol. The zero-order chi connectivity index (χ0) is 9.19. The van der Waals surface area contributed by atoms with Crippen molar-refractivity contribution in [3.05, 3.63) is 23.9 Å². The number of hydrazine groups is 1. The fourth-order valence-electron chi connectivity index (χ4n) is 0.647. The third kappa shape index (κ3) is 3.99. The van der Waals surface area contributed by atoms with E-state index in [2.05, 4.69) is 10.4 Å². The average Bonchev–Trinajstić information content (AvgIpc) is 2.03. The zero-order valence-corrected chi connectivity index (χ0v) is 8.34. The summed E-state index contributed by atoms with van der Waals surface area (Å²) in [4.78, 5) is 3.41. The van der Waals surface area contributed by atoms with Gasteiger partial charge in [-0.05, 0) is 12.1 Å². The van der Waals surface area contributed by atoms with E-state index in [1.807, 2.05) is 0 Å². The van der Waals surface area contributed by atoms with Gasteiger partial charge in [-0.2, -0.15) is 13.2 Å². The van der Waals surface area contributed by atoms with Crippen LogP contribution >= 0.6 is 24.8 Å². The van der Waals surface area contributed by atoms with Crippen LogP contribution in [0.1, 0.15) is 5.56 Å². The Morgan fingerprint density at radius 3 is 2.07 bits per heavy atom. The van der Waals surface area contributed by atoms with Gasteiger partial charge in [-0.15, -0.1) is 24.8 Å². The summed E-state index contributed by atoms with van der Waals surface area (Å²) >= 11 is 0. The first kappa shape index (κ1) is 15.7. The minimum absolute atomic E-state index is 0. The Morgan fingerprint density at radius 1 is 1.21 bits per heavy atom. The number of nitrogen functional groups attached to an aromatic ring is 1. The molecule has 0 atom stereocenters. The van der Waals surface area contributed by atoms with Crippen LogP contribution in [0.4, 0.5) is 19.0 Å². The number of nitrogens with zero attached hydrogens (tertiary/aromatic N) is 1. The van der Waals surface area contributed by atoms with Crippen molar-refractivity contribution in [1.29, 1.82) is 0 Å². The van der Waals surface area contributed by atoms with E-state index >= 15 is 0 Å². The van der Waals surface area contributed by atoms with Crippen molar-refractivity contribution in [2.45, 2.75) is 6.18 Å². The Kier molecular flexibility index (Phi) is 6.63. The van der Waals surface area contributed by atoms with Crippen molar-refractivity contribution in [2.24, 2.45) is 5.84 Å². The molecule has 0 aliphatic carbocycles. The topological polar surface area (TPSA) is 50.9 Å². The molecule has 0 spiro atoms. The highest BCUT2D eigenvalue weighted by Crippen LogP contribution is 2.28. The molecule has 0 aromatic carbocycles. The van der Waals surface area contributed by atoms with E-state index in [0.717, 1.165) is 18.3 Å². The Balaban J connectivity index is 0. The lowest BCUT2D eigenvalue weighted by Gasteiger charge is -2.05. The number of nitrogens with one attached hydrogen (secondary N) is 1. The highest BCUT2D eigenvalue weighted by molar-refractivity contribution is 5.85. The number of anilines is 1. The number of pyridine rings is 1. The molecule has 0 bridgehead atoms. The van der Waals surface area contributed by atoms with E-state index in [4.69, 9.17) is 5.84 Å². The van der Waals surface area contributed by atoms with Gasteiger partial charge in [-0.25, -0.2) is 10.8 Å². The first-order valence-corrected chi connectivity index (χ1v) is 3.04. The predicted octanol–water partition coefficient (Wildman–Crippen LogP) is 2.23. The molecule has 1 rings (SSSR count). The summed E-state index contributed by atoms with van der Waals surface area (Å²) in [7, 11) is 0. The van der Waals surface area contributed by atoms with Gasteiger partial charge in [0.25, 0.3) is 0 Å². The summed E-state index contributed by atoms with van der Waals surface area (Å²) < 4.78 is 35.8. The van der Waals surface area contributed by atoms with E-state index in [1.165, 1.54) is 0 Å². The van der Waals surface area contributed by atoms with Crippen LogP contribution in [0.15, 0.2) is 18.3 Å². The number of aromatic nitrogens is 1. The van der Waals surface area contributed by atoms with Crippen LogP contribution in [0.5, 0.6) is 0 Å². The van der Waals surface area contributed by atoms with Gasteiger partial charge in [0.05, 0.1) is 5.56 Å². The Labute approximate surface area is 90.7 Å². The normalized spacial score (nSPS) is 9.71. The molecule has 0 saturated carbocycles. The summed E-state index contributed by atoms with van der Waals surface area (Å²) in [6.07, 6.45) is -3.63. The molecule has 0 amide bonds. The summed E-state index contributed by atoms with van der Waals surface area (Å²) in [5, 5.41) is 0. The zero-order valence-electron chi connectivity index (χ0n) is 6.71. The standard InChI is InChI=1S/C6H6F3N3.2ClH/c7-6(8,9)4-1-2-5(12-10)11-3-4;;/h1-3H,10H2,(H,11,12);2*1H. The lowest BCUT2D eigenvalue weighted by Crippen LogP contribution is -2.10. The third-order valence-corrected chi connectivity index (χ3v) is 1.24. The largest absolute Gasteiger partial charge is 0.417 e. The van der Waals surface area contributed by atoms with Crippen LogP contribution in [0.2, 0.25) is 0 Å². The first-order chi connectivity index (χ1) is 5.54. The molecule has 0 aliphatic rings. The van der Waals surface area contributed by atoms with Gasteiger partial charge in [0, 0.05) is 6.20 Å². The third-order valence-electron chi connectivity index (χ3n) is 1.24. The van der Waals surface area contributed by atoms with Crippen molar-refractivity contribution in [1.82, 2.24) is 4.98 Å².